The zero-order valence-corrected chi connectivity index (χ0v) is 8.84. The molecule has 0 radical (unpaired) electrons. The number of esters is 1. The lowest BCUT2D eigenvalue weighted by Crippen LogP contribution is -2.15. The monoisotopic (exact) mass is 224 g/mol. The van der Waals surface area contributed by atoms with Crippen LogP contribution in [0.1, 0.15) is 17.3 Å². The fourth-order valence-corrected chi connectivity index (χ4v) is 0.956. The van der Waals surface area contributed by atoms with E-state index in [9.17, 15) is 9.59 Å². The second-order valence-electron chi connectivity index (χ2n) is 2.80. The van der Waals surface area contributed by atoms with E-state index in [-0.39, 0.29) is 6.61 Å². The van der Waals surface area contributed by atoms with Crippen molar-refractivity contribution in [2.75, 3.05) is 13.2 Å². The molecule has 0 aliphatic heterocycles. The quantitative estimate of drug-likeness (QED) is 0.429. The number of carbonyl (C=O) groups excluding carboxylic acids is 2. The van der Waals surface area contributed by atoms with Gasteiger partial charge < -0.3 is 4.74 Å². The average Bonchev–Trinajstić information content (AvgIpc) is 2.30. The first kappa shape index (κ1) is 12.2. The van der Waals surface area contributed by atoms with E-state index in [1.807, 2.05) is 0 Å². The third-order valence-electron chi connectivity index (χ3n) is 1.63. The van der Waals surface area contributed by atoms with Gasteiger partial charge in [0.15, 0.2) is 6.61 Å². The number of hydrogen-bond acceptors (Lipinski definition) is 5. The summed E-state index contributed by atoms with van der Waals surface area (Å²) < 4.78 is 4.57. The van der Waals surface area contributed by atoms with E-state index in [1.54, 1.807) is 37.3 Å². The fraction of sp³-hybridized carbons (Fsp3) is 0.273. The summed E-state index contributed by atoms with van der Waals surface area (Å²) in [4.78, 5) is 31.0. The molecule has 1 aromatic carbocycles. The van der Waals surface area contributed by atoms with Crippen LogP contribution in [0, 0.1) is 0 Å². The van der Waals surface area contributed by atoms with E-state index in [0.717, 1.165) is 0 Å². The molecule has 0 heterocycles. The SMILES string of the molecule is CCOC(=O)COOC(=O)c1ccccc1. The third-order valence-corrected chi connectivity index (χ3v) is 1.63. The maximum atomic E-state index is 11.3. The first-order chi connectivity index (χ1) is 7.74. The van der Waals surface area contributed by atoms with Gasteiger partial charge in [-0.2, -0.15) is 4.89 Å². The molecule has 0 saturated carbocycles. The Kier molecular flexibility index (Phi) is 5.01. The lowest BCUT2D eigenvalue weighted by atomic mass is 10.2. The Morgan fingerprint density at radius 2 is 1.88 bits per heavy atom. The number of carbonyl (C=O) groups is 2. The second-order valence-corrected chi connectivity index (χ2v) is 2.80. The Morgan fingerprint density at radius 3 is 2.50 bits per heavy atom. The van der Waals surface area contributed by atoms with Crippen LogP contribution in [0.15, 0.2) is 30.3 Å². The molecule has 86 valence electrons. The summed E-state index contributed by atoms with van der Waals surface area (Å²) in [6, 6.07) is 8.33. The van der Waals surface area contributed by atoms with Crippen LogP contribution in [0.4, 0.5) is 0 Å². The zero-order chi connectivity index (χ0) is 11.8. The van der Waals surface area contributed by atoms with Gasteiger partial charge in [0.25, 0.3) is 0 Å². The molecule has 0 saturated heterocycles. The predicted molar refractivity (Wildman–Crippen MR) is 54.4 cm³/mol. The molecule has 0 fully saturated rings. The van der Waals surface area contributed by atoms with Crippen LogP contribution in [0.2, 0.25) is 0 Å². The maximum absolute atomic E-state index is 11.3. The first-order valence-corrected chi connectivity index (χ1v) is 4.78. The van der Waals surface area contributed by atoms with Gasteiger partial charge in [-0.25, -0.2) is 9.59 Å². The summed E-state index contributed by atoms with van der Waals surface area (Å²) in [5.41, 5.74) is 0.353. The molecule has 5 nitrogen and oxygen atoms in total. The van der Waals surface area contributed by atoms with Gasteiger partial charge in [0.2, 0.25) is 0 Å². The van der Waals surface area contributed by atoms with Gasteiger partial charge >= 0.3 is 11.9 Å². The minimum atomic E-state index is -0.648. The van der Waals surface area contributed by atoms with Gasteiger partial charge in [0.05, 0.1) is 12.2 Å². The van der Waals surface area contributed by atoms with Crippen LogP contribution in [0.25, 0.3) is 0 Å². The largest absolute Gasteiger partial charge is 0.464 e. The predicted octanol–water partition coefficient (Wildman–Crippen LogP) is 1.34. The molecule has 0 aliphatic rings. The molecule has 0 spiro atoms. The lowest BCUT2D eigenvalue weighted by molar-refractivity contribution is -0.243. The summed E-state index contributed by atoms with van der Waals surface area (Å²) in [5.74, 6) is -1.23. The van der Waals surface area contributed by atoms with Crippen LogP contribution < -0.4 is 0 Å². The van der Waals surface area contributed by atoms with Crippen molar-refractivity contribution in [3.63, 3.8) is 0 Å². The minimum Gasteiger partial charge on any atom is -0.464 e. The van der Waals surface area contributed by atoms with Crippen molar-refractivity contribution in [2.45, 2.75) is 6.92 Å². The van der Waals surface area contributed by atoms with Crippen LogP contribution in [-0.2, 0) is 19.3 Å². The Labute approximate surface area is 92.8 Å². The van der Waals surface area contributed by atoms with Crippen molar-refractivity contribution >= 4 is 11.9 Å². The molecule has 1 rings (SSSR count). The molecular weight excluding hydrogens is 212 g/mol. The molecule has 0 atom stereocenters. The van der Waals surface area contributed by atoms with E-state index in [4.69, 9.17) is 0 Å². The van der Waals surface area contributed by atoms with Crippen LogP contribution in [-0.4, -0.2) is 25.2 Å². The molecule has 0 aliphatic carbocycles. The van der Waals surface area contributed by atoms with E-state index in [2.05, 4.69) is 14.5 Å². The van der Waals surface area contributed by atoms with E-state index < -0.39 is 18.5 Å². The Balaban J connectivity index is 2.29. The Morgan fingerprint density at radius 1 is 1.19 bits per heavy atom. The van der Waals surface area contributed by atoms with Crippen LogP contribution in [0.3, 0.4) is 0 Å². The van der Waals surface area contributed by atoms with Crippen molar-refractivity contribution in [3.05, 3.63) is 35.9 Å². The molecule has 0 amide bonds. The van der Waals surface area contributed by atoms with Crippen molar-refractivity contribution in [2.24, 2.45) is 0 Å². The average molecular weight is 224 g/mol. The normalized spacial score (nSPS) is 9.56. The van der Waals surface area contributed by atoms with Gasteiger partial charge in [-0.1, -0.05) is 18.2 Å². The second kappa shape index (κ2) is 6.58. The fourth-order valence-electron chi connectivity index (χ4n) is 0.956. The Hall–Kier alpha value is -1.88. The molecule has 0 N–H and O–H groups in total. The molecule has 0 bridgehead atoms. The van der Waals surface area contributed by atoms with Gasteiger partial charge in [-0.05, 0) is 19.1 Å². The highest BCUT2D eigenvalue weighted by atomic mass is 17.2. The summed E-state index contributed by atoms with van der Waals surface area (Å²) in [5, 5.41) is 0. The van der Waals surface area contributed by atoms with Crippen molar-refractivity contribution < 1.29 is 24.1 Å². The zero-order valence-electron chi connectivity index (χ0n) is 8.84. The molecule has 5 heteroatoms. The van der Waals surface area contributed by atoms with Crippen molar-refractivity contribution in [1.82, 2.24) is 0 Å². The maximum Gasteiger partial charge on any atom is 0.373 e. The van der Waals surface area contributed by atoms with Gasteiger partial charge in [0.1, 0.15) is 0 Å². The smallest absolute Gasteiger partial charge is 0.373 e. The van der Waals surface area contributed by atoms with E-state index in [0.29, 0.717) is 5.56 Å². The number of benzene rings is 1. The standard InChI is InChI=1S/C11H12O5/c1-2-14-10(12)8-15-16-11(13)9-6-4-3-5-7-9/h3-7H,2,8H2,1H3. The lowest BCUT2D eigenvalue weighted by Gasteiger charge is -2.03. The molecule has 16 heavy (non-hydrogen) atoms. The number of rotatable bonds is 5. The summed E-state index contributed by atoms with van der Waals surface area (Å²) in [6.45, 7) is 1.52. The summed E-state index contributed by atoms with van der Waals surface area (Å²) in [7, 11) is 0. The van der Waals surface area contributed by atoms with Gasteiger partial charge in [-0.3, -0.25) is 4.89 Å². The summed E-state index contributed by atoms with van der Waals surface area (Å²) in [6.07, 6.45) is 0. The highest BCUT2D eigenvalue weighted by Crippen LogP contribution is 2.01. The van der Waals surface area contributed by atoms with E-state index in [1.165, 1.54) is 0 Å². The summed E-state index contributed by atoms with van der Waals surface area (Å²) >= 11 is 0. The molecular formula is C11H12O5. The Bertz CT molecular complexity index is 347. The number of hydrogen-bond donors (Lipinski definition) is 0. The minimum absolute atomic E-state index is 0.259. The highest BCUT2D eigenvalue weighted by Gasteiger charge is 2.09. The first-order valence-electron chi connectivity index (χ1n) is 4.78. The molecule has 0 unspecified atom stereocenters. The van der Waals surface area contributed by atoms with Gasteiger partial charge in [0, 0.05) is 0 Å². The highest BCUT2D eigenvalue weighted by molar-refractivity contribution is 5.88. The van der Waals surface area contributed by atoms with Crippen molar-refractivity contribution in [3.8, 4) is 0 Å². The van der Waals surface area contributed by atoms with Crippen LogP contribution >= 0.6 is 0 Å². The number of ether oxygens (including phenoxy) is 1. The molecule has 0 aromatic heterocycles. The van der Waals surface area contributed by atoms with Crippen LogP contribution in [0.5, 0.6) is 0 Å². The topological polar surface area (TPSA) is 61.8 Å². The van der Waals surface area contributed by atoms with E-state index >= 15 is 0 Å². The van der Waals surface area contributed by atoms with Crippen molar-refractivity contribution in [1.29, 1.82) is 0 Å². The third kappa shape index (κ3) is 4.10. The van der Waals surface area contributed by atoms with Gasteiger partial charge in [-0.15, -0.1) is 0 Å². The molecule has 1 aromatic rings.